The van der Waals surface area contributed by atoms with Crippen LogP contribution in [0.1, 0.15) is 5.76 Å². The standard InChI is InChI=1S/C15H13F2N3O2S/c1-20(7-9-3-2-4-22-9)14(21)8-23-15-18-12-5-10(16)11(17)6-13(12)19-15/h2-6H,7-8H2,1H3,(H,18,19). The van der Waals surface area contributed by atoms with E-state index in [0.717, 1.165) is 12.1 Å². The minimum Gasteiger partial charge on any atom is -0.467 e. The Bertz CT molecular complexity index is 794. The largest absolute Gasteiger partial charge is 0.467 e. The zero-order valence-corrected chi connectivity index (χ0v) is 13.0. The second-order valence-corrected chi connectivity index (χ2v) is 5.91. The molecule has 1 amide bonds. The Morgan fingerprint density at radius 1 is 1.39 bits per heavy atom. The lowest BCUT2D eigenvalue weighted by Crippen LogP contribution is -2.27. The fourth-order valence-corrected chi connectivity index (χ4v) is 2.84. The van der Waals surface area contributed by atoms with Crippen molar-refractivity contribution >= 4 is 28.7 Å². The number of aromatic nitrogens is 2. The molecule has 0 saturated carbocycles. The number of H-pyrrole nitrogens is 1. The van der Waals surface area contributed by atoms with Gasteiger partial charge in [0.25, 0.3) is 0 Å². The smallest absolute Gasteiger partial charge is 0.233 e. The van der Waals surface area contributed by atoms with E-state index >= 15 is 0 Å². The second-order valence-electron chi connectivity index (χ2n) is 4.94. The molecular formula is C15H13F2N3O2S. The fourth-order valence-electron chi connectivity index (χ4n) is 2.01. The van der Waals surface area contributed by atoms with E-state index < -0.39 is 11.6 Å². The molecule has 2 aromatic heterocycles. The number of carbonyl (C=O) groups excluding carboxylic acids is 1. The van der Waals surface area contributed by atoms with Gasteiger partial charge in [-0.15, -0.1) is 0 Å². The van der Waals surface area contributed by atoms with Crippen molar-refractivity contribution < 1.29 is 18.0 Å². The van der Waals surface area contributed by atoms with E-state index in [1.54, 1.807) is 25.4 Å². The average molecular weight is 337 g/mol. The normalized spacial score (nSPS) is 11.1. The molecule has 23 heavy (non-hydrogen) atoms. The molecule has 0 saturated heterocycles. The van der Waals surface area contributed by atoms with E-state index in [1.807, 2.05) is 0 Å². The molecule has 3 aromatic rings. The van der Waals surface area contributed by atoms with E-state index in [1.165, 1.54) is 16.7 Å². The number of aromatic amines is 1. The number of benzene rings is 1. The first kappa shape index (κ1) is 15.5. The highest BCUT2D eigenvalue weighted by atomic mass is 32.2. The predicted molar refractivity (Wildman–Crippen MR) is 81.9 cm³/mol. The van der Waals surface area contributed by atoms with Crippen molar-refractivity contribution in [1.29, 1.82) is 0 Å². The van der Waals surface area contributed by atoms with Gasteiger partial charge < -0.3 is 14.3 Å². The summed E-state index contributed by atoms with van der Waals surface area (Å²) in [5.74, 6) is -1.14. The summed E-state index contributed by atoms with van der Waals surface area (Å²) in [6.07, 6.45) is 1.55. The third-order valence-electron chi connectivity index (χ3n) is 3.23. The number of fused-ring (bicyclic) bond motifs is 1. The first-order valence-corrected chi connectivity index (χ1v) is 7.75. The Balaban J connectivity index is 1.62. The van der Waals surface area contributed by atoms with Gasteiger partial charge in [-0.25, -0.2) is 13.8 Å². The maximum atomic E-state index is 13.2. The molecule has 0 atom stereocenters. The van der Waals surface area contributed by atoms with E-state index in [9.17, 15) is 13.6 Å². The minimum absolute atomic E-state index is 0.107. The van der Waals surface area contributed by atoms with Crippen molar-refractivity contribution in [2.75, 3.05) is 12.8 Å². The van der Waals surface area contributed by atoms with Crippen molar-refractivity contribution in [1.82, 2.24) is 14.9 Å². The molecule has 0 fully saturated rings. The van der Waals surface area contributed by atoms with Crippen LogP contribution in [-0.2, 0) is 11.3 Å². The zero-order valence-electron chi connectivity index (χ0n) is 12.2. The van der Waals surface area contributed by atoms with Crippen LogP contribution in [0.4, 0.5) is 8.78 Å². The summed E-state index contributed by atoms with van der Waals surface area (Å²) in [6, 6.07) is 5.62. The quantitative estimate of drug-likeness (QED) is 0.727. The van der Waals surface area contributed by atoms with Crippen molar-refractivity contribution in [2.45, 2.75) is 11.7 Å². The molecule has 0 spiro atoms. The number of thioether (sulfide) groups is 1. The Morgan fingerprint density at radius 3 is 2.91 bits per heavy atom. The van der Waals surface area contributed by atoms with Crippen LogP contribution in [0.3, 0.4) is 0 Å². The summed E-state index contributed by atoms with van der Waals surface area (Å²) in [7, 11) is 1.68. The number of amides is 1. The Morgan fingerprint density at radius 2 is 2.17 bits per heavy atom. The van der Waals surface area contributed by atoms with Crippen LogP contribution < -0.4 is 0 Å². The van der Waals surface area contributed by atoms with Crippen LogP contribution in [0, 0.1) is 11.6 Å². The maximum Gasteiger partial charge on any atom is 0.233 e. The van der Waals surface area contributed by atoms with Gasteiger partial charge in [0, 0.05) is 19.2 Å². The number of halogens is 2. The van der Waals surface area contributed by atoms with E-state index in [-0.39, 0.29) is 11.7 Å². The molecule has 0 bridgehead atoms. The van der Waals surface area contributed by atoms with Crippen molar-refractivity contribution in [3.05, 3.63) is 47.9 Å². The van der Waals surface area contributed by atoms with Gasteiger partial charge in [-0.05, 0) is 12.1 Å². The van der Waals surface area contributed by atoms with Gasteiger partial charge in [0.05, 0.1) is 29.6 Å². The molecule has 0 radical (unpaired) electrons. The molecule has 3 rings (SSSR count). The topological polar surface area (TPSA) is 62.1 Å². The summed E-state index contributed by atoms with van der Waals surface area (Å²) in [5, 5.41) is 0.435. The van der Waals surface area contributed by atoms with Crippen LogP contribution in [0.5, 0.6) is 0 Å². The second kappa shape index (κ2) is 6.41. The van der Waals surface area contributed by atoms with Gasteiger partial charge in [0.15, 0.2) is 16.8 Å². The van der Waals surface area contributed by atoms with Gasteiger partial charge in [0.1, 0.15) is 5.76 Å². The van der Waals surface area contributed by atoms with Gasteiger partial charge in [-0.2, -0.15) is 0 Å². The lowest BCUT2D eigenvalue weighted by molar-refractivity contribution is -0.127. The lowest BCUT2D eigenvalue weighted by atomic mass is 10.3. The summed E-state index contributed by atoms with van der Waals surface area (Å²) in [6.45, 7) is 0.378. The fraction of sp³-hybridized carbons (Fsp3) is 0.200. The van der Waals surface area contributed by atoms with Crippen LogP contribution in [0.15, 0.2) is 40.1 Å². The molecule has 2 heterocycles. The van der Waals surface area contributed by atoms with Gasteiger partial charge in [-0.1, -0.05) is 11.8 Å². The number of furan rings is 1. The third-order valence-corrected chi connectivity index (χ3v) is 4.09. The molecule has 120 valence electrons. The molecule has 5 nitrogen and oxygen atoms in total. The first-order chi connectivity index (χ1) is 11.0. The minimum atomic E-state index is -0.949. The van der Waals surface area contributed by atoms with E-state index in [2.05, 4.69) is 9.97 Å². The van der Waals surface area contributed by atoms with Gasteiger partial charge >= 0.3 is 0 Å². The van der Waals surface area contributed by atoms with Crippen molar-refractivity contribution in [3.63, 3.8) is 0 Å². The van der Waals surface area contributed by atoms with Crippen LogP contribution in [0.25, 0.3) is 11.0 Å². The number of nitrogens with zero attached hydrogens (tertiary/aromatic N) is 2. The molecule has 0 unspecified atom stereocenters. The molecule has 1 N–H and O–H groups in total. The summed E-state index contributed by atoms with van der Waals surface area (Å²) >= 11 is 1.17. The van der Waals surface area contributed by atoms with Crippen molar-refractivity contribution in [3.8, 4) is 0 Å². The summed E-state index contributed by atoms with van der Waals surface area (Å²) in [4.78, 5) is 20.6. The predicted octanol–water partition coefficient (Wildman–Crippen LogP) is 3.18. The van der Waals surface area contributed by atoms with Crippen LogP contribution >= 0.6 is 11.8 Å². The van der Waals surface area contributed by atoms with Gasteiger partial charge in [-0.3, -0.25) is 4.79 Å². The molecular weight excluding hydrogens is 324 g/mol. The number of imidazole rings is 1. The van der Waals surface area contributed by atoms with E-state index in [4.69, 9.17) is 4.42 Å². The lowest BCUT2D eigenvalue weighted by Gasteiger charge is -2.14. The monoisotopic (exact) mass is 337 g/mol. The Hall–Kier alpha value is -2.35. The zero-order chi connectivity index (χ0) is 16.4. The average Bonchev–Trinajstić information content (AvgIpc) is 3.14. The Kier molecular flexibility index (Phi) is 4.33. The molecule has 1 aromatic carbocycles. The third kappa shape index (κ3) is 3.53. The highest BCUT2D eigenvalue weighted by Gasteiger charge is 2.14. The number of nitrogens with one attached hydrogen (secondary N) is 1. The van der Waals surface area contributed by atoms with Gasteiger partial charge in [0.2, 0.25) is 5.91 Å². The number of hydrogen-bond donors (Lipinski definition) is 1. The number of hydrogen-bond acceptors (Lipinski definition) is 4. The first-order valence-electron chi connectivity index (χ1n) is 6.77. The number of carbonyl (C=O) groups is 1. The Labute approximate surface area is 134 Å². The molecule has 0 aliphatic carbocycles. The molecule has 0 aliphatic heterocycles. The summed E-state index contributed by atoms with van der Waals surface area (Å²) < 4.78 is 31.5. The highest BCUT2D eigenvalue weighted by Crippen LogP contribution is 2.22. The van der Waals surface area contributed by atoms with Crippen LogP contribution in [0.2, 0.25) is 0 Å². The van der Waals surface area contributed by atoms with Crippen LogP contribution in [-0.4, -0.2) is 33.6 Å². The molecule has 0 aliphatic rings. The maximum absolute atomic E-state index is 13.2. The SMILES string of the molecule is CN(Cc1ccco1)C(=O)CSc1nc2cc(F)c(F)cc2[nH]1. The van der Waals surface area contributed by atoms with E-state index in [0.29, 0.717) is 28.5 Å². The summed E-state index contributed by atoms with van der Waals surface area (Å²) in [5.41, 5.74) is 0.713. The highest BCUT2D eigenvalue weighted by molar-refractivity contribution is 7.99. The molecule has 8 heteroatoms. The number of rotatable bonds is 5. The van der Waals surface area contributed by atoms with Crippen molar-refractivity contribution in [2.24, 2.45) is 0 Å².